The molecule has 1 saturated carbocycles. The van der Waals surface area contributed by atoms with Crippen molar-refractivity contribution >= 4 is 43.2 Å². The van der Waals surface area contributed by atoms with Crippen molar-refractivity contribution in [3.05, 3.63) is 59.7 Å². The number of alkyl carbamates (subject to hydrolysis) is 1. The molecule has 3 rings (SSSR count). The highest BCUT2D eigenvalue weighted by molar-refractivity contribution is 7.46. The Morgan fingerprint density at radius 2 is 1.62 bits per heavy atom. The number of imide groups is 1. The van der Waals surface area contributed by atoms with Crippen molar-refractivity contribution < 1.29 is 47.6 Å². The number of anilines is 1. The minimum absolute atomic E-state index is 0.125. The number of amides is 5. The van der Waals surface area contributed by atoms with Gasteiger partial charge in [0.05, 0.1) is 12.5 Å². The molecule has 0 aliphatic heterocycles. The van der Waals surface area contributed by atoms with Crippen LogP contribution in [0.4, 0.5) is 10.5 Å². The summed E-state index contributed by atoms with van der Waals surface area (Å²) in [7, 11) is -4.80. The molecule has 0 unspecified atom stereocenters. The fourth-order valence-electron chi connectivity index (χ4n) is 4.81. The summed E-state index contributed by atoms with van der Waals surface area (Å²) in [4.78, 5) is 81.6. The van der Waals surface area contributed by atoms with E-state index in [-0.39, 0.29) is 31.6 Å². The molecule has 1 aliphatic carbocycles. The number of nitrogen functional groups attached to an aromatic ring is 1. The fourth-order valence-corrected chi connectivity index (χ4v) is 5.20. The predicted molar refractivity (Wildman–Crippen MR) is 160 cm³/mol. The van der Waals surface area contributed by atoms with Crippen molar-refractivity contribution in [2.45, 2.75) is 69.2 Å². The van der Waals surface area contributed by atoms with Crippen molar-refractivity contribution in [1.29, 1.82) is 0 Å². The number of carbonyl (C=O) groups excluding carboxylic acids is 5. The Bertz CT molecular complexity index is 1440. The van der Waals surface area contributed by atoms with Gasteiger partial charge in [-0.15, -0.1) is 0 Å². The summed E-state index contributed by atoms with van der Waals surface area (Å²) in [6.45, 7) is -0.153. The minimum atomic E-state index is -4.80. The Morgan fingerprint density at radius 3 is 2.22 bits per heavy atom. The number of hydrogen-bond acceptors (Lipinski definition) is 10. The monoisotopic (exact) mass is 648 g/mol. The van der Waals surface area contributed by atoms with E-state index in [1.165, 1.54) is 24.3 Å². The minimum Gasteiger partial charge on any atom is -0.445 e. The number of hydrogen-bond donors (Lipinski definition) is 8. The molecule has 0 spiro atoms. The maximum Gasteiger partial charge on any atom is 0.524 e. The number of ether oxygens (including phenoxy) is 1. The van der Waals surface area contributed by atoms with Gasteiger partial charge in [0.25, 0.3) is 5.91 Å². The van der Waals surface area contributed by atoms with E-state index in [0.29, 0.717) is 29.7 Å². The zero-order chi connectivity index (χ0) is 33.2. The number of primary amides is 1. The number of carbonyl (C=O) groups is 5. The van der Waals surface area contributed by atoms with Crippen LogP contribution in [0.15, 0.2) is 48.5 Å². The Morgan fingerprint density at radius 1 is 0.956 bits per heavy atom. The molecular formula is C28H37N6O10P. The van der Waals surface area contributed by atoms with Crippen LogP contribution in [0.3, 0.4) is 0 Å². The lowest BCUT2D eigenvalue weighted by Crippen LogP contribution is -2.64. The maximum absolute atomic E-state index is 13.7. The molecule has 2 atom stereocenters. The van der Waals surface area contributed by atoms with Crippen molar-refractivity contribution in [3.8, 4) is 5.75 Å². The van der Waals surface area contributed by atoms with E-state index in [4.69, 9.17) is 31.7 Å². The summed E-state index contributed by atoms with van der Waals surface area (Å²) in [6.07, 6.45) is 0.686. The molecule has 0 aromatic heterocycles. The first-order valence-electron chi connectivity index (χ1n) is 14.0. The number of phosphoric ester groups is 1. The van der Waals surface area contributed by atoms with E-state index >= 15 is 0 Å². The average molecular weight is 649 g/mol. The van der Waals surface area contributed by atoms with Crippen molar-refractivity contribution in [3.63, 3.8) is 0 Å². The summed E-state index contributed by atoms with van der Waals surface area (Å²) >= 11 is 0. The number of nitrogens with two attached hydrogens (primary N) is 3. The molecule has 2 aromatic rings. The lowest BCUT2D eigenvalue weighted by atomic mass is 9.80. The molecule has 11 N–H and O–H groups in total. The summed E-state index contributed by atoms with van der Waals surface area (Å²) < 4.78 is 21.0. The molecule has 1 fully saturated rings. The van der Waals surface area contributed by atoms with Crippen LogP contribution in [0.1, 0.15) is 49.7 Å². The zero-order valence-electron chi connectivity index (χ0n) is 24.3. The number of phosphoric acid groups is 1. The normalized spacial score (nSPS) is 15.5. The first kappa shape index (κ1) is 35.0. The van der Waals surface area contributed by atoms with Gasteiger partial charge >= 0.3 is 13.9 Å². The third-order valence-corrected chi connectivity index (χ3v) is 7.46. The van der Waals surface area contributed by atoms with Crippen LogP contribution < -0.4 is 37.7 Å². The summed E-state index contributed by atoms with van der Waals surface area (Å²) in [6, 6.07) is 9.41. The van der Waals surface area contributed by atoms with Crippen LogP contribution in [0.2, 0.25) is 0 Å². The van der Waals surface area contributed by atoms with Gasteiger partial charge in [-0.2, -0.15) is 0 Å². The van der Waals surface area contributed by atoms with Gasteiger partial charge in [-0.3, -0.25) is 34.3 Å². The SMILES string of the molecule is NC(=O)C[C@H](N)C(=O)NC(=O)C1(NC(=O)[C@H](Cc2ccc(OP(=O)(O)O)cc2)NC(=O)OCc2cccc(N)c2)CCCCC1. The van der Waals surface area contributed by atoms with E-state index in [9.17, 15) is 28.5 Å². The van der Waals surface area contributed by atoms with Crippen molar-refractivity contribution in [2.75, 3.05) is 5.73 Å². The summed E-state index contributed by atoms with van der Waals surface area (Å²) in [5.41, 5.74) is 16.5. The first-order chi connectivity index (χ1) is 21.2. The predicted octanol–water partition coefficient (Wildman–Crippen LogP) is 0.242. The van der Waals surface area contributed by atoms with Crippen LogP contribution in [-0.2, 0) is 41.5 Å². The van der Waals surface area contributed by atoms with Crippen LogP contribution in [0.25, 0.3) is 0 Å². The standard InChI is InChI=1S/C28H37N6O10P/c29-19-6-4-5-18(13-19)16-43-27(39)32-22(14-17-7-9-20(10-8-17)44-45(40,41)42)25(37)34-28(11-2-1-3-12-28)26(38)33-24(36)21(30)15-23(31)35/h4-10,13,21-22H,1-3,11-12,14-16,29-30H2,(H2,31,35)(H,32,39)(H,34,37)(H,33,36,38)(H2,40,41,42)/t21-,22-/m0/s1. The van der Waals surface area contributed by atoms with Gasteiger partial charge in [-0.1, -0.05) is 43.5 Å². The second-order valence-electron chi connectivity index (χ2n) is 10.7. The molecule has 244 valence electrons. The van der Waals surface area contributed by atoms with Crippen LogP contribution in [0.5, 0.6) is 5.75 Å². The highest BCUT2D eigenvalue weighted by Crippen LogP contribution is 2.37. The van der Waals surface area contributed by atoms with E-state index in [1.807, 2.05) is 0 Å². The van der Waals surface area contributed by atoms with Crippen LogP contribution in [0, 0.1) is 0 Å². The highest BCUT2D eigenvalue weighted by atomic mass is 31.2. The lowest BCUT2D eigenvalue weighted by Gasteiger charge is -2.37. The maximum atomic E-state index is 13.7. The Balaban J connectivity index is 1.80. The molecule has 2 aromatic carbocycles. The molecular weight excluding hydrogens is 611 g/mol. The first-order valence-corrected chi connectivity index (χ1v) is 15.5. The number of rotatable bonds is 13. The fraction of sp³-hybridized carbons (Fsp3) is 0.393. The van der Waals surface area contributed by atoms with Crippen LogP contribution >= 0.6 is 7.82 Å². The Kier molecular flexibility index (Phi) is 12.0. The van der Waals surface area contributed by atoms with Gasteiger partial charge in [-0.05, 0) is 48.2 Å². The molecule has 1 aliphatic rings. The molecule has 17 heteroatoms. The molecule has 16 nitrogen and oxygen atoms in total. The smallest absolute Gasteiger partial charge is 0.445 e. The van der Waals surface area contributed by atoms with Gasteiger partial charge in [0.2, 0.25) is 17.7 Å². The Labute approximate surface area is 258 Å². The van der Waals surface area contributed by atoms with Gasteiger partial charge in [-0.25, -0.2) is 9.36 Å². The molecule has 5 amide bonds. The molecule has 45 heavy (non-hydrogen) atoms. The van der Waals surface area contributed by atoms with Gasteiger partial charge in [0.1, 0.15) is 23.9 Å². The van der Waals surface area contributed by atoms with Gasteiger partial charge < -0.3 is 37.1 Å². The van der Waals surface area contributed by atoms with Crippen LogP contribution in [-0.4, -0.2) is 57.1 Å². The van der Waals surface area contributed by atoms with Crippen molar-refractivity contribution in [1.82, 2.24) is 16.0 Å². The number of benzene rings is 2. The van der Waals surface area contributed by atoms with Crippen molar-refractivity contribution in [2.24, 2.45) is 11.5 Å². The third kappa shape index (κ3) is 11.2. The topological polar surface area (TPSA) is 275 Å². The average Bonchev–Trinajstić information content (AvgIpc) is 2.96. The quantitative estimate of drug-likeness (QED) is 0.107. The number of nitrogens with one attached hydrogen (secondary N) is 3. The largest absolute Gasteiger partial charge is 0.524 e. The zero-order valence-corrected chi connectivity index (χ0v) is 25.2. The summed E-state index contributed by atoms with van der Waals surface area (Å²) in [5.74, 6) is -3.47. The summed E-state index contributed by atoms with van der Waals surface area (Å²) in [5, 5.41) is 7.39. The second kappa shape index (κ2) is 15.5. The van der Waals surface area contributed by atoms with E-state index in [0.717, 1.165) is 6.42 Å². The molecule has 0 radical (unpaired) electrons. The van der Waals surface area contributed by atoms with Gasteiger partial charge in [0.15, 0.2) is 0 Å². The second-order valence-corrected chi connectivity index (χ2v) is 11.8. The molecule has 0 bridgehead atoms. The highest BCUT2D eigenvalue weighted by Gasteiger charge is 2.43. The third-order valence-electron chi connectivity index (χ3n) is 7.02. The Hall–Kier alpha value is -4.50. The lowest BCUT2D eigenvalue weighted by molar-refractivity contribution is -0.140. The van der Waals surface area contributed by atoms with E-state index < -0.39 is 61.6 Å². The van der Waals surface area contributed by atoms with Gasteiger partial charge in [0, 0.05) is 12.1 Å². The molecule has 0 saturated heterocycles. The van der Waals surface area contributed by atoms with E-state index in [2.05, 4.69) is 20.5 Å². The van der Waals surface area contributed by atoms with E-state index in [1.54, 1.807) is 24.3 Å². The molecule has 0 heterocycles.